The van der Waals surface area contributed by atoms with E-state index in [1.54, 1.807) is 48.7 Å². The van der Waals surface area contributed by atoms with E-state index in [-0.39, 0.29) is 17.9 Å². The minimum Gasteiger partial charge on any atom is -0.507 e. The Morgan fingerprint density at radius 1 is 1.19 bits per heavy atom. The van der Waals surface area contributed by atoms with Gasteiger partial charge >= 0.3 is 0 Å². The van der Waals surface area contributed by atoms with E-state index in [9.17, 15) is 14.7 Å². The zero-order valence-corrected chi connectivity index (χ0v) is 17.4. The lowest BCUT2D eigenvalue weighted by atomic mass is 9.98. The number of Topliss-reactive ketones (excluding diaryl/α,β-unsaturated/α-hetero) is 1. The van der Waals surface area contributed by atoms with Gasteiger partial charge in [0.05, 0.1) is 36.3 Å². The molecule has 8 nitrogen and oxygen atoms in total. The molecule has 2 aliphatic rings. The summed E-state index contributed by atoms with van der Waals surface area (Å²) in [6.45, 7) is 1.39. The number of rotatable bonds is 4. The van der Waals surface area contributed by atoms with Crippen molar-refractivity contribution in [3.63, 3.8) is 0 Å². The van der Waals surface area contributed by atoms with Crippen molar-refractivity contribution in [3.8, 4) is 5.75 Å². The molecule has 32 heavy (non-hydrogen) atoms. The number of anilines is 1. The quantitative estimate of drug-likeness (QED) is 0.385. The molecule has 0 aliphatic carbocycles. The van der Waals surface area contributed by atoms with Gasteiger partial charge in [-0.1, -0.05) is 6.07 Å². The van der Waals surface area contributed by atoms with Gasteiger partial charge in [0.15, 0.2) is 0 Å². The van der Waals surface area contributed by atoms with Gasteiger partial charge < -0.3 is 24.1 Å². The summed E-state index contributed by atoms with van der Waals surface area (Å²) in [6.07, 6.45) is 3.10. The predicted octanol–water partition coefficient (Wildman–Crippen LogP) is 3.13. The van der Waals surface area contributed by atoms with Crippen molar-refractivity contribution in [1.29, 1.82) is 0 Å². The van der Waals surface area contributed by atoms with E-state index in [1.165, 1.54) is 11.2 Å². The maximum absolute atomic E-state index is 13.1. The van der Waals surface area contributed by atoms with Crippen LogP contribution in [-0.4, -0.2) is 46.9 Å². The molecule has 2 aromatic heterocycles. The lowest BCUT2D eigenvalue weighted by Gasteiger charge is -2.28. The van der Waals surface area contributed by atoms with E-state index in [0.717, 1.165) is 5.69 Å². The Kier molecular flexibility index (Phi) is 4.89. The molecular formula is C24H21N3O5. The van der Waals surface area contributed by atoms with Gasteiger partial charge in [-0.2, -0.15) is 0 Å². The van der Waals surface area contributed by atoms with Crippen molar-refractivity contribution < 1.29 is 23.8 Å². The first-order valence-electron chi connectivity index (χ1n) is 10.2. The summed E-state index contributed by atoms with van der Waals surface area (Å²) < 4.78 is 11.2. The topological polar surface area (TPSA) is 96.1 Å². The zero-order valence-electron chi connectivity index (χ0n) is 17.4. The average molecular weight is 431 g/mol. The number of ketones is 1. The number of aliphatic hydroxyl groups is 1. The van der Waals surface area contributed by atoms with Crippen molar-refractivity contribution in [1.82, 2.24) is 9.88 Å². The molecule has 1 aromatic carbocycles. The van der Waals surface area contributed by atoms with Crippen LogP contribution < -0.4 is 9.64 Å². The van der Waals surface area contributed by atoms with Crippen LogP contribution in [0, 0.1) is 0 Å². The standard InChI is InChI=1S/C24H21N3O5/c1-26-10-12-32-18-8-7-15(13-17(18)26)22(28)20-21(19-6-4-11-31-19)27(24(30)23(20)29)14-16-5-2-3-9-25-16/h2-9,11,13,21,28H,10,12,14H2,1H3/b22-20-. The molecule has 4 heterocycles. The Hall–Kier alpha value is -4.07. The molecule has 162 valence electrons. The van der Waals surface area contributed by atoms with E-state index in [2.05, 4.69) is 4.98 Å². The first-order chi connectivity index (χ1) is 15.5. The third-order valence-corrected chi connectivity index (χ3v) is 5.74. The highest BCUT2D eigenvalue weighted by Gasteiger charge is 2.47. The van der Waals surface area contributed by atoms with Crippen LogP contribution in [0.2, 0.25) is 0 Å². The van der Waals surface area contributed by atoms with Crippen molar-refractivity contribution in [2.24, 2.45) is 0 Å². The third-order valence-electron chi connectivity index (χ3n) is 5.74. The third kappa shape index (κ3) is 3.30. The number of nitrogens with zero attached hydrogens (tertiary/aromatic N) is 3. The maximum Gasteiger partial charge on any atom is 0.296 e. The molecule has 5 rings (SSSR count). The number of carbonyl (C=O) groups is 2. The molecule has 0 bridgehead atoms. The second-order valence-electron chi connectivity index (χ2n) is 7.72. The number of benzene rings is 1. The predicted molar refractivity (Wildman–Crippen MR) is 116 cm³/mol. The van der Waals surface area contributed by atoms with Gasteiger partial charge in [0.25, 0.3) is 11.7 Å². The van der Waals surface area contributed by atoms with Crippen LogP contribution in [0.1, 0.15) is 23.1 Å². The molecule has 1 N–H and O–H groups in total. The smallest absolute Gasteiger partial charge is 0.296 e. The van der Waals surface area contributed by atoms with E-state index < -0.39 is 17.7 Å². The normalized spacial score (nSPS) is 19.7. The highest BCUT2D eigenvalue weighted by Crippen LogP contribution is 2.41. The number of fused-ring (bicyclic) bond motifs is 1. The van der Waals surface area contributed by atoms with Gasteiger partial charge in [-0.15, -0.1) is 0 Å². The highest BCUT2D eigenvalue weighted by molar-refractivity contribution is 6.46. The van der Waals surface area contributed by atoms with Gasteiger partial charge in [-0.3, -0.25) is 14.6 Å². The van der Waals surface area contributed by atoms with Crippen molar-refractivity contribution >= 4 is 23.1 Å². The summed E-state index contributed by atoms with van der Waals surface area (Å²) in [5.41, 5.74) is 1.84. The lowest BCUT2D eigenvalue weighted by Crippen LogP contribution is -2.29. The van der Waals surface area contributed by atoms with E-state index in [4.69, 9.17) is 9.15 Å². The number of ether oxygens (including phenoxy) is 1. The summed E-state index contributed by atoms with van der Waals surface area (Å²) >= 11 is 0. The van der Waals surface area contributed by atoms with Crippen LogP contribution in [0.15, 0.2) is 71.0 Å². The van der Waals surface area contributed by atoms with Crippen LogP contribution in [0.4, 0.5) is 5.69 Å². The fourth-order valence-corrected chi connectivity index (χ4v) is 4.11. The number of hydrogen-bond acceptors (Lipinski definition) is 7. The van der Waals surface area contributed by atoms with Gasteiger partial charge in [-0.05, 0) is 42.5 Å². The minimum atomic E-state index is -0.864. The lowest BCUT2D eigenvalue weighted by molar-refractivity contribution is -0.140. The molecule has 1 amide bonds. The molecule has 0 radical (unpaired) electrons. The van der Waals surface area contributed by atoms with E-state index in [1.807, 2.05) is 18.0 Å². The number of furan rings is 1. The molecule has 2 aliphatic heterocycles. The fourth-order valence-electron chi connectivity index (χ4n) is 4.11. The van der Waals surface area contributed by atoms with Crippen LogP contribution in [-0.2, 0) is 16.1 Å². The van der Waals surface area contributed by atoms with Crippen LogP contribution in [0.3, 0.4) is 0 Å². The number of aliphatic hydroxyl groups excluding tert-OH is 1. The van der Waals surface area contributed by atoms with Gasteiger partial charge in [0.2, 0.25) is 0 Å². The molecule has 3 aromatic rings. The minimum absolute atomic E-state index is 0.0137. The molecule has 1 atom stereocenters. The number of hydrogen-bond donors (Lipinski definition) is 1. The van der Waals surface area contributed by atoms with Crippen molar-refractivity contribution in [3.05, 3.63) is 83.6 Å². The molecular weight excluding hydrogens is 410 g/mol. The Morgan fingerprint density at radius 3 is 2.81 bits per heavy atom. The van der Waals surface area contributed by atoms with E-state index >= 15 is 0 Å². The second-order valence-corrected chi connectivity index (χ2v) is 7.72. The van der Waals surface area contributed by atoms with Gasteiger partial charge in [0.1, 0.15) is 29.9 Å². The number of amides is 1. The summed E-state index contributed by atoms with van der Waals surface area (Å²) in [6, 6.07) is 13.1. The maximum atomic E-state index is 13.1. The molecule has 1 unspecified atom stereocenters. The molecule has 1 fully saturated rings. The summed E-state index contributed by atoms with van der Waals surface area (Å²) in [5.74, 6) is -0.636. The van der Waals surface area contributed by atoms with E-state index in [0.29, 0.717) is 35.9 Å². The number of likely N-dealkylation sites (N-methyl/N-ethyl adjacent to an activating group) is 1. The first-order valence-corrected chi connectivity index (χ1v) is 10.2. The molecule has 1 saturated heterocycles. The largest absolute Gasteiger partial charge is 0.507 e. The number of aromatic nitrogens is 1. The Labute approximate surface area is 184 Å². The van der Waals surface area contributed by atoms with Crippen molar-refractivity contribution in [2.75, 3.05) is 25.1 Å². The summed E-state index contributed by atoms with van der Waals surface area (Å²) in [7, 11) is 1.93. The Balaban J connectivity index is 1.61. The second kappa shape index (κ2) is 7.88. The number of pyridine rings is 1. The van der Waals surface area contributed by atoms with Gasteiger partial charge in [-0.25, -0.2) is 0 Å². The van der Waals surface area contributed by atoms with Gasteiger partial charge in [0, 0.05) is 18.8 Å². The van der Waals surface area contributed by atoms with Crippen molar-refractivity contribution in [2.45, 2.75) is 12.6 Å². The fraction of sp³-hybridized carbons (Fsp3) is 0.208. The molecule has 0 spiro atoms. The number of likely N-dealkylation sites (tertiary alicyclic amines) is 1. The highest BCUT2D eigenvalue weighted by atomic mass is 16.5. The number of carbonyl (C=O) groups excluding carboxylic acids is 2. The summed E-state index contributed by atoms with van der Waals surface area (Å²) in [5, 5.41) is 11.2. The Morgan fingerprint density at radius 2 is 2.06 bits per heavy atom. The van der Waals surface area contributed by atoms with Crippen LogP contribution in [0.5, 0.6) is 5.75 Å². The summed E-state index contributed by atoms with van der Waals surface area (Å²) in [4.78, 5) is 33.7. The Bertz CT molecular complexity index is 1200. The monoisotopic (exact) mass is 431 g/mol. The zero-order chi connectivity index (χ0) is 22.2. The average Bonchev–Trinajstić information content (AvgIpc) is 3.42. The molecule has 8 heteroatoms. The first kappa shape index (κ1) is 19.9. The van der Waals surface area contributed by atoms with Crippen LogP contribution in [0.25, 0.3) is 5.76 Å². The van der Waals surface area contributed by atoms with Crippen LogP contribution >= 0.6 is 0 Å². The SMILES string of the molecule is CN1CCOc2ccc(/C(O)=C3/C(=O)C(=O)N(Cc4ccccn4)C3c3ccco3)cc21. The molecule has 0 saturated carbocycles.